The number of aromatic amines is 1. The van der Waals surface area contributed by atoms with Crippen LogP contribution in [0.2, 0.25) is 0 Å². The first-order valence-corrected chi connectivity index (χ1v) is 6.30. The fraction of sp³-hybridized carbons (Fsp3) is 0.286. The Morgan fingerprint density at radius 1 is 1.37 bits per heavy atom. The molecule has 0 aliphatic carbocycles. The van der Waals surface area contributed by atoms with Gasteiger partial charge in [-0.05, 0) is 26.1 Å². The maximum Gasteiger partial charge on any atom is 0.121 e. The summed E-state index contributed by atoms with van der Waals surface area (Å²) < 4.78 is 2.02. The smallest absolute Gasteiger partial charge is 0.121 e. The summed E-state index contributed by atoms with van der Waals surface area (Å²) in [6.45, 7) is 2.79. The minimum absolute atomic E-state index is 0.743. The summed E-state index contributed by atoms with van der Waals surface area (Å²) in [7, 11) is 3.91. The highest BCUT2D eigenvalue weighted by molar-refractivity contribution is 5.81. The maximum atomic E-state index is 4.63. The quantitative estimate of drug-likeness (QED) is 0.752. The average Bonchev–Trinajstić information content (AvgIpc) is 2.94. The lowest BCUT2D eigenvalue weighted by Crippen LogP contribution is -2.06. The molecule has 0 aliphatic heterocycles. The molecular weight excluding hydrogens is 238 g/mol. The van der Waals surface area contributed by atoms with Gasteiger partial charge in [-0.1, -0.05) is 6.07 Å². The number of aryl methyl sites for hydroxylation is 2. The van der Waals surface area contributed by atoms with Crippen LogP contribution >= 0.6 is 0 Å². The Morgan fingerprint density at radius 3 is 3.00 bits per heavy atom. The molecule has 0 bridgehead atoms. The number of imidazole rings is 2. The van der Waals surface area contributed by atoms with Crippen molar-refractivity contribution in [3.05, 3.63) is 36.0 Å². The molecule has 0 atom stereocenters. The molecule has 0 saturated carbocycles. The predicted molar refractivity (Wildman–Crippen MR) is 75.8 cm³/mol. The molecule has 0 amide bonds. The van der Waals surface area contributed by atoms with Crippen LogP contribution in [0.4, 0.5) is 0 Å². The highest BCUT2D eigenvalue weighted by Gasteiger charge is 2.10. The van der Waals surface area contributed by atoms with E-state index in [1.54, 1.807) is 0 Å². The number of rotatable bonds is 3. The number of nitrogens with one attached hydrogen (secondary N) is 2. The molecule has 0 spiro atoms. The van der Waals surface area contributed by atoms with Gasteiger partial charge in [-0.25, -0.2) is 9.97 Å². The molecule has 98 valence electrons. The Hall–Kier alpha value is -2.14. The van der Waals surface area contributed by atoms with Crippen LogP contribution in [0.1, 0.15) is 11.5 Å². The lowest BCUT2D eigenvalue weighted by molar-refractivity contribution is 0.770. The SMILES string of the molecule is CNCc1nc(-c2ccc3c(c2)ncn3C)c(C)[nH]1. The third-order valence-electron chi connectivity index (χ3n) is 3.28. The van der Waals surface area contributed by atoms with E-state index in [9.17, 15) is 0 Å². The van der Waals surface area contributed by atoms with Crippen LogP contribution in [-0.2, 0) is 13.6 Å². The number of benzene rings is 1. The third kappa shape index (κ3) is 2.02. The van der Waals surface area contributed by atoms with Crippen molar-refractivity contribution < 1.29 is 0 Å². The van der Waals surface area contributed by atoms with E-state index in [1.807, 2.05) is 31.9 Å². The molecule has 5 heteroatoms. The van der Waals surface area contributed by atoms with Crippen LogP contribution in [0.3, 0.4) is 0 Å². The number of nitrogens with zero attached hydrogens (tertiary/aromatic N) is 3. The first-order valence-electron chi connectivity index (χ1n) is 6.30. The minimum Gasteiger partial charge on any atom is -0.344 e. The van der Waals surface area contributed by atoms with Gasteiger partial charge < -0.3 is 14.9 Å². The molecule has 1 aromatic carbocycles. The molecule has 0 aliphatic rings. The van der Waals surface area contributed by atoms with Crippen LogP contribution < -0.4 is 5.32 Å². The monoisotopic (exact) mass is 255 g/mol. The Labute approximate surface area is 111 Å². The number of aromatic nitrogens is 4. The Balaban J connectivity index is 2.08. The predicted octanol–water partition coefficient (Wildman–Crippen LogP) is 1.99. The molecule has 19 heavy (non-hydrogen) atoms. The maximum absolute atomic E-state index is 4.63. The van der Waals surface area contributed by atoms with E-state index in [4.69, 9.17) is 0 Å². The lowest BCUT2D eigenvalue weighted by atomic mass is 10.1. The second-order valence-electron chi connectivity index (χ2n) is 4.75. The Kier molecular flexibility index (Phi) is 2.83. The molecule has 3 aromatic rings. The van der Waals surface area contributed by atoms with Crippen LogP contribution in [0.25, 0.3) is 22.3 Å². The molecule has 2 heterocycles. The van der Waals surface area contributed by atoms with Gasteiger partial charge in [0.2, 0.25) is 0 Å². The van der Waals surface area contributed by atoms with Gasteiger partial charge in [-0.15, -0.1) is 0 Å². The van der Waals surface area contributed by atoms with Gasteiger partial charge in [0.1, 0.15) is 5.82 Å². The molecular formula is C14H17N5. The van der Waals surface area contributed by atoms with Crippen LogP contribution in [-0.4, -0.2) is 26.6 Å². The first kappa shape index (κ1) is 11.9. The fourth-order valence-electron chi connectivity index (χ4n) is 2.34. The summed E-state index contributed by atoms with van der Waals surface area (Å²) in [5.74, 6) is 0.955. The standard InChI is InChI=1S/C14H17N5/c1-9-14(18-13(17-9)7-15-2)10-4-5-12-11(6-10)16-8-19(12)3/h4-6,8,15H,7H2,1-3H3,(H,17,18). The summed E-state index contributed by atoms with van der Waals surface area (Å²) in [6, 6.07) is 6.27. The second kappa shape index (κ2) is 4.51. The summed E-state index contributed by atoms with van der Waals surface area (Å²) in [5, 5.41) is 3.10. The molecule has 0 radical (unpaired) electrons. The van der Waals surface area contributed by atoms with Gasteiger partial charge in [-0.3, -0.25) is 0 Å². The minimum atomic E-state index is 0.743. The van der Waals surface area contributed by atoms with E-state index in [2.05, 4.69) is 38.5 Å². The van der Waals surface area contributed by atoms with Crippen molar-refractivity contribution in [2.45, 2.75) is 13.5 Å². The van der Waals surface area contributed by atoms with Crippen molar-refractivity contribution in [3.8, 4) is 11.3 Å². The summed E-state index contributed by atoms with van der Waals surface area (Å²) in [5.41, 5.74) is 5.31. The highest BCUT2D eigenvalue weighted by atomic mass is 15.0. The molecule has 5 nitrogen and oxygen atoms in total. The average molecular weight is 255 g/mol. The van der Waals surface area contributed by atoms with Gasteiger partial charge in [-0.2, -0.15) is 0 Å². The largest absolute Gasteiger partial charge is 0.344 e. The van der Waals surface area contributed by atoms with Gasteiger partial charge >= 0.3 is 0 Å². The van der Waals surface area contributed by atoms with E-state index in [0.29, 0.717) is 0 Å². The van der Waals surface area contributed by atoms with E-state index < -0.39 is 0 Å². The van der Waals surface area contributed by atoms with Gasteiger partial charge in [0.05, 0.1) is 29.6 Å². The van der Waals surface area contributed by atoms with Gasteiger partial charge in [0, 0.05) is 18.3 Å². The molecule has 0 saturated heterocycles. The zero-order valence-electron chi connectivity index (χ0n) is 11.4. The number of hydrogen-bond donors (Lipinski definition) is 2. The third-order valence-corrected chi connectivity index (χ3v) is 3.28. The Morgan fingerprint density at radius 2 is 2.21 bits per heavy atom. The lowest BCUT2D eigenvalue weighted by Gasteiger charge is -2.00. The zero-order valence-corrected chi connectivity index (χ0v) is 11.4. The van der Waals surface area contributed by atoms with Crippen molar-refractivity contribution in [1.29, 1.82) is 0 Å². The molecule has 2 N–H and O–H groups in total. The molecule has 0 fully saturated rings. The highest BCUT2D eigenvalue weighted by Crippen LogP contribution is 2.24. The number of H-pyrrole nitrogens is 1. The van der Waals surface area contributed by atoms with Crippen molar-refractivity contribution in [3.63, 3.8) is 0 Å². The summed E-state index contributed by atoms with van der Waals surface area (Å²) in [6.07, 6.45) is 1.83. The molecule has 3 rings (SSSR count). The van der Waals surface area contributed by atoms with Crippen molar-refractivity contribution in [1.82, 2.24) is 24.8 Å². The summed E-state index contributed by atoms with van der Waals surface area (Å²) >= 11 is 0. The van der Waals surface area contributed by atoms with E-state index in [1.165, 1.54) is 0 Å². The van der Waals surface area contributed by atoms with Gasteiger partial charge in [0.25, 0.3) is 0 Å². The molecule has 2 aromatic heterocycles. The Bertz CT molecular complexity index is 723. The van der Waals surface area contributed by atoms with Gasteiger partial charge in [0.15, 0.2) is 0 Å². The molecule has 0 unspecified atom stereocenters. The second-order valence-corrected chi connectivity index (χ2v) is 4.75. The van der Waals surface area contributed by atoms with Crippen molar-refractivity contribution in [2.75, 3.05) is 7.05 Å². The normalized spacial score (nSPS) is 11.3. The summed E-state index contributed by atoms with van der Waals surface area (Å²) in [4.78, 5) is 12.3. The number of hydrogen-bond acceptors (Lipinski definition) is 3. The van der Waals surface area contributed by atoms with Crippen LogP contribution in [0.5, 0.6) is 0 Å². The van der Waals surface area contributed by atoms with Crippen molar-refractivity contribution in [2.24, 2.45) is 7.05 Å². The van der Waals surface area contributed by atoms with Crippen molar-refractivity contribution >= 4 is 11.0 Å². The van der Waals surface area contributed by atoms with Crippen LogP contribution in [0, 0.1) is 6.92 Å². The zero-order chi connectivity index (χ0) is 13.4. The van der Waals surface area contributed by atoms with E-state index in [0.717, 1.165) is 40.4 Å². The van der Waals surface area contributed by atoms with Crippen LogP contribution in [0.15, 0.2) is 24.5 Å². The van der Waals surface area contributed by atoms with E-state index >= 15 is 0 Å². The topological polar surface area (TPSA) is 58.5 Å². The fourth-order valence-corrected chi connectivity index (χ4v) is 2.34. The van der Waals surface area contributed by atoms with E-state index in [-0.39, 0.29) is 0 Å². The first-order chi connectivity index (χ1) is 9.19. The number of fused-ring (bicyclic) bond motifs is 1.